The average molecular weight is 419 g/mol. The molecule has 2 aromatic heterocycles. The Morgan fingerprint density at radius 2 is 2.03 bits per heavy atom. The van der Waals surface area contributed by atoms with Crippen molar-refractivity contribution in [3.05, 3.63) is 59.4 Å². The fraction of sp³-hybridized carbons (Fsp3) is 0.261. The van der Waals surface area contributed by atoms with Crippen molar-refractivity contribution >= 4 is 22.8 Å². The second-order valence-electron chi connectivity index (χ2n) is 7.34. The van der Waals surface area contributed by atoms with Gasteiger partial charge in [-0.2, -0.15) is 5.10 Å². The highest BCUT2D eigenvalue weighted by atomic mass is 16.5. The lowest BCUT2D eigenvalue weighted by Crippen LogP contribution is -2.14. The number of rotatable bonds is 6. The van der Waals surface area contributed by atoms with Crippen molar-refractivity contribution in [1.82, 2.24) is 19.7 Å². The number of aromatic nitrogens is 4. The van der Waals surface area contributed by atoms with Gasteiger partial charge in [0.2, 0.25) is 0 Å². The van der Waals surface area contributed by atoms with Crippen LogP contribution in [0.5, 0.6) is 5.75 Å². The van der Waals surface area contributed by atoms with E-state index < -0.39 is 6.09 Å². The summed E-state index contributed by atoms with van der Waals surface area (Å²) in [4.78, 5) is 20.0. The first-order valence-corrected chi connectivity index (χ1v) is 10.1. The number of carbonyl (C=O) groups excluding carboxylic acids is 1. The molecule has 31 heavy (non-hydrogen) atoms. The van der Waals surface area contributed by atoms with Crippen LogP contribution in [0.25, 0.3) is 22.3 Å². The maximum Gasteiger partial charge on any atom is 0.413 e. The molecule has 2 N–H and O–H groups in total. The van der Waals surface area contributed by atoms with E-state index in [1.165, 1.54) is 0 Å². The maximum absolute atomic E-state index is 12.3. The van der Waals surface area contributed by atoms with Crippen LogP contribution in [-0.2, 0) is 17.9 Å². The van der Waals surface area contributed by atoms with Crippen molar-refractivity contribution in [3.63, 3.8) is 0 Å². The van der Waals surface area contributed by atoms with Gasteiger partial charge in [-0.1, -0.05) is 12.1 Å². The Morgan fingerprint density at radius 1 is 1.19 bits per heavy atom. The molecule has 0 aliphatic rings. The van der Waals surface area contributed by atoms with E-state index in [0.29, 0.717) is 17.4 Å². The van der Waals surface area contributed by atoms with Crippen molar-refractivity contribution in [2.24, 2.45) is 0 Å². The predicted molar refractivity (Wildman–Crippen MR) is 119 cm³/mol. The molecular weight excluding hydrogens is 394 g/mol. The third kappa shape index (κ3) is 4.37. The highest BCUT2D eigenvalue weighted by molar-refractivity contribution is 5.85. The number of nitrogens with one attached hydrogen (secondary N) is 2. The Balaban J connectivity index is 1.43. The number of aryl methyl sites for hydroxylation is 3. The topological polar surface area (TPSA) is 94.1 Å². The smallest absolute Gasteiger partial charge is 0.413 e. The van der Waals surface area contributed by atoms with Crippen molar-refractivity contribution in [2.75, 3.05) is 12.4 Å². The van der Waals surface area contributed by atoms with Crippen molar-refractivity contribution in [3.8, 4) is 17.1 Å². The molecule has 0 fully saturated rings. The number of anilines is 1. The molecule has 160 valence electrons. The van der Waals surface area contributed by atoms with Crippen LogP contribution in [0.15, 0.2) is 42.6 Å². The fourth-order valence-electron chi connectivity index (χ4n) is 3.36. The van der Waals surface area contributed by atoms with Gasteiger partial charge in [0.05, 0.1) is 23.9 Å². The van der Waals surface area contributed by atoms with Gasteiger partial charge in [-0.05, 0) is 56.2 Å². The number of aromatic amines is 1. The highest BCUT2D eigenvalue weighted by Crippen LogP contribution is 2.30. The summed E-state index contributed by atoms with van der Waals surface area (Å²) in [6, 6.07) is 11.7. The third-order valence-electron chi connectivity index (χ3n) is 5.03. The molecule has 0 aliphatic heterocycles. The van der Waals surface area contributed by atoms with E-state index in [1.54, 1.807) is 7.11 Å². The molecule has 8 heteroatoms. The van der Waals surface area contributed by atoms with E-state index in [0.717, 1.165) is 39.8 Å². The lowest BCUT2D eigenvalue weighted by atomic mass is 10.1. The number of ether oxygens (including phenoxy) is 2. The number of methoxy groups -OCH3 is 1. The number of benzene rings is 2. The number of nitrogens with zero attached hydrogens (tertiary/aromatic N) is 3. The number of amides is 1. The molecule has 4 aromatic rings. The monoisotopic (exact) mass is 419 g/mol. The van der Waals surface area contributed by atoms with Crippen LogP contribution in [0.2, 0.25) is 0 Å². The van der Waals surface area contributed by atoms with Gasteiger partial charge >= 0.3 is 6.09 Å². The van der Waals surface area contributed by atoms with Crippen LogP contribution in [0, 0.1) is 13.8 Å². The van der Waals surface area contributed by atoms with Crippen LogP contribution < -0.4 is 10.1 Å². The van der Waals surface area contributed by atoms with Crippen molar-refractivity contribution in [1.29, 1.82) is 0 Å². The SMILES string of the molecule is CCn1cc2cc(COC(=O)Nc3nc(-c4ccc(C)cc4OC)[nH]c3C)ccc2n1. The van der Waals surface area contributed by atoms with Gasteiger partial charge in [-0.25, -0.2) is 9.78 Å². The van der Waals surface area contributed by atoms with Gasteiger partial charge in [0.25, 0.3) is 0 Å². The summed E-state index contributed by atoms with van der Waals surface area (Å²) < 4.78 is 12.7. The normalized spacial score (nSPS) is 11.0. The molecule has 0 bridgehead atoms. The summed E-state index contributed by atoms with van der Waals surface area (Å²) in [5.41, 5.74) is 4.44. The Hall–Kier alpha value is -3.81. The minimum Gasteiger partial charge on any atom is -0.496 e. The van der Waals surface area contributed by atoms with Gasteiger partial charge in [0.1, 0.15) is 18.2 Å². The Kier molecular flexibility index (Phi) is 5.62. The van der Waals surface area contributed by atoms with E-state index in [1.807, 2.05) is 68.0 Å². The highest BCUT2D eigenvalue weighted by Gasteiger charge is 2.15. The molecule has 2 aromatic carbocycles. The molecule has 0 atom stereocenters. The molecule has 0 spiro atoms. The van der Waals surface area contributed by atoms with Crippen LogP contribution in [0.1, 0.15) is 23.7 Å². The molecule has 1 amide bonds. The zero-order chi connectivity index (χ0) is 22.0. The van der Waals surface area contributed by atoms with Crippen molar-refractivity contribution < 1.29 is 14.3 Å². The molecule has 0 aliphatic carbocycles. The van der Waals surface area contributed by atoms with Gasteiger partial charge in [-0.15, -0.1) is 0 Å². The number of fused-ring (bicyclic) bond motifs is 1. The van der Waals surface area contributed by atoms with Gasteiger partial charge < -0.3 is 14.5 Å². The number of H-pyrrole nitrogens is 1. The molecule has 4 rings (SSSR count). The first-order chi connectivity index (χ1) is 15.0. The van der Waals surface area contributed by atoms with Crippen LogP contribution >= 0.6 is 0 Å². The second kappa shape index (κ2) is 8.51. The van der Waals surface area contributed by atoms with E-state index in [4.69, 9.17) is 9.47 Å². The molecule has 2 heterocycles. The molecule has 8 nitrogen and oxygen atoms in total. The Bertz CT molecular complexity index is 1240. The van der Waals surface area contributed by atoms with Gasteiger partial charge in [0.15, 0.2) is 5.82 Å². The number of imidazole rings is 1. The summed E-state index contributed by atoms with van der Waals surface area (Å²) in [6.45, 7) is 6.84. The Morgan fingerprint density at radius 3 is 2.81 bits per heavy atom. The van der Waals surface area contributed by atoms with Gasteiger partial charge in [-0.3, -0.25) is 10.00 Å². The Labute approximate surface area is 180 Å². The van der Waals surface area contributed by atoms with E-state index in [2.05, 4.69) is 20.4 Å². The third-order valence-corrected chi connectivity index (χ3v) is 5.03. The summed E-state index contributed by atoms with van der Waals surface area (Å²) in [5, 5.41) is 8.18. The van der Waals surface area contributed by atoms with E-state index >= 15 is 0 Å². The first kappa shape index (κ1) is 20.5. The average Bonchev–Trinajstić information content (AvgIpc) is 3.34. The summed E-state index contributed by atoms with van der Waals surface area (Å²) in [7, 11) is 1.62. The number of hydrogen-bond donors (Lipinski definition) is 2. The van der Waals surface area contributed by atoms with E-state index in [-0.39, 0.29) is 6.61 Å². The van der Waals surface area contributed by atoms with E-state index in [9.17, 15) is 4.79 Å². The van der Waals surface area contributed by atoms with Crippen LogP contribution in [0.4, 0.5) is 10.6 Å². The summed E-state index contributed by atoms with van der Waals surface area (Å²) >= 11 is 0. The fourth-order valence-corrected chi connectivity index (χ4v) is 3.36. The maximum atomic E-state index is 12.3. The molecule has 0 unspecified atom stereocenters. The second-order valence-corrected chi connectivity index (χ2v) is 7.34. The largest absolute Gasteiger partial charge is 0.496 e. The van der Waals surface area contributed by atoms with Crippen molar-refractivity contribution in [2.45, 2.75) is 33.9 Å². The zero-order valence-corrected chi connectivity index (χ0v) is 18.0. The number of carbonyl (C=O) groups is 1. The van der Waals surface area contributed by atoms with Crippen LogP contribution in [-0.4, -0.2) is 33.0 Å². The molecule has 0 radical (unpaired) electrons. The van der Waals surface area contributed by atoms with Crippen LogP contribution in [0.3, 0.4) is 0 Å². The minimum absolute atomic E-state index is 0.154. The lowest BCUT2D eigenvalue weighted by Gasteiger charge is -2.07. The predicted octanol–water partition coefficient (Wildman–Crippen LogP) is 4.82. The number of hydrogen-bond acceptors (Lipinski definition) is 5. The standard InChI is InChI=1S/C23H25N5O3/c1-5-28-12-17-11-16(7-9-19(17)27-28)13-31-23(29)26-21-15(3)24-22(25-21)18-8-6-14(2)10-20(18)30-4/h6-12H,5,13H2,1-4H3,(H,24,25)(H,26,29). The summed E-state index contributed by atoms with van der Waals surface area (Å²) in [5.74, 6) is 1.75. The lowest BCUT2D eigenvalue weighted by molar-refractivity contribution is 0.155. The molecular formula is C23H25N5O3. The quantitative estimate of drug-likeness (QED) is 0.467. The zero-order valence-electron chi connectivity index (χ0n) is 18.0. The first-order valence-electron chi connectivity index (χ1n) is 10.1. The minimum atomic E-state index is -0.568. The van der Waals surface area contributed by atoms with Gasteiger partial charge in [0, 0.05) is 18.1 Å². The molecule has 0 saturated carbocycles. The molecule has 0 saturated heterocycles. The summed E-state index contributed by atoms with van der Waals surface area (Å²) in [6.07, 6.45) is 1.41.